The van der Waals surface area contributed by atoms with Gasteiger partial charge in [-0.15, -0.1) is 0 Å². The molecule has 3 heterocycles. The molecule has 1 atom stereocenters. The maximum atomic E-state index is 12.6. The molecule has 154 valence electrons. The van der Waals surface area contributed by atoms with Crippen LogP contribution in [0.25, 0.3) is 0 Å². The molecule has 0 unspecified atom stereocenters. The van der Waals surface area contributed by atoms with Gasteiger partial charge in [-0.2, -0.15) is 0 Å². The largest absolute Gasteiger partial charge is 0.355 e. The molecule has 0 aliphatic carbocycles. The number of hydrogen-bond donors (Lipinski definition) is 2. The molecule has 2 fully saturated rings. The monoisotopic (exact) mass is 387 g/mol. The molecule has 3 rings (SSSR count). The van der Waals surface area contributed by atoms with Crippen LogP contribution in [0.4, 0.5) is 0 Å². The van der Waals surface area contributed by atoms with Crippen LogP contribution in [0.5, 0.6) is 0 Å². The first-order chi connectivity index (χ1) is 13.7. The molecule has 1 aromatic rings. The molecule has 0 bridgehead atoms. The van der Waals surface area contributed by atoms with Crippen LogP contribution < -0.4 is 10.6 Å². The lowest BCUT2D eigenvalue weighted by Crippen LogP contribution is -2.51. The number of carbonyl (C=O) groups is 2. The number of carbonyl (C=O) groups excluding carboxylic acids is 2. The summed E-state index contributed by atoms with van der Waals surface area (Å²) in [5, 5.41) is 5.94. The number of aromatic nitrogens is 1. The molecule has 0 aromatic carbocycles. The number of likely N-dealkylation sites (tertiary alicyclic amines) is 2. The zero-order valence-electron chi connectivity index (χ0n) is 16.9. The van der Waals surface area contributed by atoms with Gasteiger partial charge in [-0.1, -0.05) is 6.07 Å². The highest BCUT2D eigenvalue weighted by Crippen LogP contribution is 2.24. The summed E-state index contributed by atoms with van der Waals surface area (Å²) in [4.78, 5) is 33.2. The van der Waals surface area contributed by atoms with Gasteiger partial charge in [0.05, 0.1) is 12.5 Å². The van der Waals surface area contributed by atoms with Gasteiger partial charge in [0.1, 0.15) is 0 Å². The van der Waals surface area contributed by atoms with Gasteiger partial charge in [-0.05, 0) is 50.8 Å². The van der Waals surface area contributed by atoms with Gasteiger partial charge >= 0.3 is 0 Å². The average molecular weight is 388 g/mol. The molecule has 2 N–H and O–H groups in total. The van der Waals surface area contributed by atoms with Crippen LogP contribution in [0.1, 0.15) is 38.2 Å². The van der Waals surface area contributed by atoms with E-state index in [1.807, 2.05) is 19.1 Å². The van der Waals surface area contributed by atoms with Crippen molar-refractivity contribution >= 4 is 11.8 Å². The van der Waals surface area contributed by atoms with E-state index < -0.39 is 0 Å². The quantitative estimate of drug-likeness (QED) is 0.730. The third-order valence-electron chi connectivity index (χ3n) is 5.83. The number of amides is 2. The van der Waals surface area contributed by atoms with E-state index in [0.29, 0.717) is 25.7 Å². The highest BCUT2D eigenvalue weighted by atomic mass is 16.2. The molecular formula is C21H33N5O2. The van der Waals surface area contributed by atoms with Crippen LogP contribution in [-0.2, 0) is 16.1 Å². The molecular weight excluding hydrogens is 354 g/mol. The van der Waals surface area contributed by atoms with Crippen LogP contribution in [0, 0.1) is 5.92 Å². The van der Waals surface area contributed by atoms with E-state index >= 15 is 0 Å². The highest BCUT2D eigenvalue weighted by molar-refractivity contribution is 5.79. The van der Waals surface area contributed by atoms with E-state index in [1.165, 1.54) is 0 Å². The molecule has 2 amide bonds. The Kier molecular flexibility index (Phi) is 7.80. The highest BCUT2D eigenvalue weighted by Gasteiger charge is 2.31. The van der Waals surface area contributed by atoms with Crippen molar-refractivity contribution in [2.45, 2.75) is 45.2 Å². The Bertz CT molecular complexity index is 631. The van der Waals surface area contributed by atoms with Crippen molar-refractivity contribution in [2.24, 2.45) is 5.92 Å². The average Bonchev–Trinajstić information content (AvgIpc) is 2.73. The first kappa shape index (κ1) is 20.7. The Morgan fingerprint density at radius 2 is 2.00 bits per heavy atom. The summed E-state index contributed by atoms with van der Waals surface area (Å²) >= 11 is 0. The van der Waals surface area contributed by atoms with Crippen LogP contribution in [-0.4, -0.2) is 71.9 Å². The predicted molar refractivity (Wildman–Crippen MR) is 109 cm³/mol. The van der Waals surface area contributed by atoms with E-state index in [9.17, 15) is 9.59 Å². The van der Waals surface area contributed by atoms with Crippen molar-refractivity contribution in [1.29, 1.82) is 0 Å². The van der Waals surface area contributed by atoms with Gasteiger partial charge in [0.15, 0.2) is 0 Å². The second-order valence-electron chi connectivity index (χ2n) is 7.87. The fraction of sp³-hybridized carbons (Fsp3) is 0.667. The van der Waals surface area contributed by atoms with E-state index in [4.69, 9.17) is 0 Å². The van der Waals surface area contributed by atoms with Crippen LogP contribution >= 0.6 is 0 Å². The Labute approximate surface area is 167 Å². The van der Waals surface area contributed by atoms with Crippen molar-refractivity contribution in [3.63, 3.8) is 0 Å². The van der Waals surface area contributed by atoms with Gasteiger partial charge in [0.2, 0.25) is 11.8 Å². The normalized spacial score (nSPS) is 22.0. The Hall–Kier alpha value is -1.99. The number of nitrogens with zero attached hydrogens (tertiary/aromatic N) is 3. The minimum Gasteiger partial charge on any atom is -0.355 e. The van der Waals surface area contributed by atoms with Crippen molar-refractivity contribution in [2.75, 3.05) is 39.3 Å². The summed E-state index contributed by atoms with van der Waals surface area (Å²) in [5.74, 6) is 0.338. The molecule has 0 saturated carbocycles. The first-order valence-electron chi connectivity index (χ1n) is 10.6. The molecule has 2 aliphatic heterocycles. The minimum absolute atomic E-state index is 0.0683. The van der Waals surface area contributed by atoms with Crippen molar-refractivity contribution < 1.29 is 9.59 Å². The molecule has 28 heavy (non-hydrogen) atoms. The van der Waals surface area contributed by atoms with Gasteiger partial charge in [0.25, 0.3) is 0 Å². The van der Waals surface area contributed by atoms with Crippen LogP contribution in [0.2, 0.25) is 0 Å². The summed E-state index contributed by atoms with van der Waals surface area (Å²) in [6.45, 7) is 7.51. The predicted octanol–water partition coefficient (Wildman–Crippen LogP) is 1.01. The number of pyridine rings is 1. The van der Waals surface area contributed by atoms with E-state index in [0.717, 1.165) is 57.4 Å². The minimum atomic E-state index is 0.0683. The smallest absolute Gasteiger partial charge is 0.234 e. The Balaban J connectivity index is 1.42. The van der Waals surface area contributed by atoms with Gasteiger partial charge < -0.3 is 10.6 Å². The van der Waals surface area contributed by atoms with Crippen LogP contribution in [0.15, 0.2) is 24.5 Å². The molecule has 0 spiro atoms. The maximum absolute atomic E-state index is 12.6. The fourth-order valence-corrected chi connectivity index (χ4v) is 4.29. The molecule has 2 saturated heterocycles. The third kappa shape index (κ3) is 6.01. The second-order valence-corrected chi connectivity index (χ2v) is 7.87. The lowest BCUT2D eigenvalue weighted by molar-refractivity contribution is -0.127. The van der Waals surface area contributed by atoms with Crippen molar-refractivity contribution in [1.82, 2.24) is 25.4 Å². The first-order valence-corrected chi connectivity index (χ1v) is 10.6. The molecule has 7 nitrogen and oxygen atoms in total. The van der Waals surface area contributed by atoms with Gasteiger partial charge in [-0.25, -0.2) is 0 Å². The number of hydrogen-bond acceptors (Lipinski definition) is 5. The summed E-state index contributed by atoms with van der Waals surface area (Å²) in [6, 6.07) is 4.40. The third-order valence-corrected chi connectivity index (χ3v) is 5.83. The molecule has 1 aromatic heterocycles. The number of likely N-dealkylation sites (N-methyl/N-ethyl adjacent to an activating group) is 1. The standard InChI is InChI=1S/C21H33N5O2/c1-2-23-20(27)16-25-11-7-19(8-12-25)26-10-4-6-18(15-26)21(28)24-14-17-5-3-9-22-13-17/h3,5,9,13,18-19H,2,4,6-8,10-12,14-16H2,1H3,(H,23,27)(H,24,28)/t18-/m1/s1. The second kappa shape index (κ2) is 10.5. The molecule has 2 aliphatic rings. The lowest BCUT2D eigenvalue weighted by Gasteiger charge is -2.41. The fourth-order valence-electron chi connectivity index (χ4n) is 4.29. The summed E-state index contributed by atoms with van der Waals surface area (Å²) in [7, 11) is 0. The van der Waals surface area contributed by atoms with Gasteiger partial charge in [-0.3, -0.25) is 24.4 Å². The summed E-state index contributed by atoms with van der Waals surface area (Å²) in [5.41, 5.74) is 1.03. The number of rotatable bonds is 7. The molecule has 0 radical (unpaired) electrons. The van der Waals surface area contributed by atoms with Gasteiger partial charge in [0, 0.05) is 51.2 Å². The zero-order chi connectivity index (χ0) is 19.8. The van der Waals surface area contributed by atoms with Crippen molar-refractivity contribution in [3.05, 3.63) is 30.1 Å². The van der Waals surface area contributed by atoms with E-state index in [1.54, 1.807) is 12.4 Å². The maximum Gasteiger partial charge on any atom is 0.234 e. The summed E-state index contributed by atoms with van der Waals surface area (Å²) in [6.07, 6.45) is 7.72. The summed E-state index contributed by atoms with van der Waals surface area (Å²) < 4.78 is 0. The van der Waals surface area contributed by atoms with E-state index in [2.05, 4.69) is 25.4 Å². The van der Waals surface area contributed by atoms with E-state index in [-0.39, 0.29) is 17.7 Å². The molecule has 7 heteroatoms. The number of piperidine rings is 2. The Morgan fingerprint density at radius 3 is 2.71 bits per heavy atom. The van der Waals surface area contributed by atoms with Crippen LogP contribution in [0.3, 0.4) is 0 Å². The topological polar surface area (TPSA) is 77.6 Å². The zero-order valence-corrected chi connectivity index (χ0v) is 16.9. The number of nitrogens with one attached hydrogen (secondary N) is 2. The van der Waals surface area contributed by atoms with Crippen molar-refractivity contribution in [3.8, 4) is 0 Å². The Morgan fingerprint density at radius 1 is 1.18 bits per heavy atom. The SMILES string of the molecule is CCNC(=O)CN1CCC(N2CCC[C@@H](C(=O)NCc3cccnc3)C2)CC1. The lowest BCUT2D eigenvalue weighted by atomic mass is 9.93.